The lowest BCUT2D eigenvalue weighted by molar-refractivity contribution is -0.130. The molecule has 1 heterocycles. The summed E-state index contributed by atoms with van der Waals surface area (Å²) in [5.74, 6) is -2.33. The van der Waals surface area contributed by atoms with Crippen LogP contribution in [0.5, 0.6) is 0 Å². The molecule has 1 unspecified atom stereocenters. The van der Waals surface area contributed by atoms with Crippen molar-refractivity contribution in [2.24, 2.45) is 11.8 Å². The van der Waals surface area contributed by atoms with Crippen molar-refractivity contribution >= 4 is 24.8 Å². The van der Waals surface area contributed by atoms with Crippen LogP contribution in [0.4, 0.5) is 0 Å². The van der Waals surface area contributed by atoms with Gasteiger partial charge in [0, 0.05) is 18.8 Å². The summed E-state index contributed by atoms with van der Waals surface area (Å²) in [5.41, 5.74) is 0.885. The molecular weight excluding hydrogens is 461 g/mol. The minimum Gasteiger partial charge on any atom is -0.426 e. The number of benzene rings is 1. The Kier molecular flexibility index (Phi) is 11.5. The quantitative estimate of drug-likeness (QED) is 0.258. The van der Waals surface area contributed by atoms with E-state index < -0.39 is 42.9 Å². The van der Waals surface area contributed by atoms with Crippen LogP contribution in [0, 0.1) is 11.8 Å². The number of nitrogens with zero attached hydrogens (tertiary/aromatic N) is 2. The normalized spacial score (nSPS) is 13.6. The van der Waals surface area contributed by atoms with Crippen LogP contribution in [0.3, 0.4) is 0 Å². The van der Waals surface area contributed by atoms with Crippen LogP contribution >= 0.6 is 0 Å². The Hall–Kier alpha value is -3.31. The summed E-state index contributed by atoms with van der Waals surface area (Å²) in [6.45, 7) is 7.64. The summed E-state index contributed by atoms with van der Waals surface area (Å²) in [7, 11) is -1.73. The van der Waals surface area contributed by atoms with E-state index in [1.807, 2.05) is 58.0 Å². The van der Waals surface area contributed by atoms with Crippen LogP contribution in [0.1, 0.15) is 56.6 Å². The second-order valence-electron chi connectivity index (χ2n) is 9.66. The minimum absolute atomic E-state index is 0.0606. The Bertz CT molecular complexity index is 975. The van der Waals surface area contributed by atoms with E-state index in [0.717, 1.165) is 5.56 Å². The number of nitrogens with one attached hydrogen (secondary N) is 3. The molecule has 5 N–H and O–H groups in total. The first-order chi connectivity index (χ1) is 17.1. The Labute approximate surface area is 212 Å². The second kappa shape index (κ2) is 14.3. The second-order valence-corrected chi connectivity index (χ2v) is 9.66. The molecule has 3 amide bonds. The van der Waals surface area contributed by atoms with Crippen LogP contribution in [-0.4, -0.2) is 62.9 Å². The van der Waals surface area contributed by atoms with Crippen molar-refractivity contribution in [1.29, 1.82) is 0 Å². The molecule has 0 bridgehead atoms. The smallest absolute Gasteiger partial charge is 0.426 e. The zero-order valence-electron chi connectivity index (χ0n) is 21.2. The number of carbonyl (C=O) groups is 3. The zero-order valence-corrected chi connectivity index (χ0v) is 21.2. The highest BCUT2D eigenvalue weighted by Gasteiger charge is 2.32. The van der Waals surface area contributed by atoms with E-state index in [4.69, 9.17) is 0 Å². The lowest BCUT2D eigenvalue weighted by Gasteiger charge is -2.27. The van der Waals surface area contributed by atoms with E-state index in [1.165, 1.54) is 18.6 Å². The van der Waals surface area contributed by atoms with Gasteiger partial charge in [-0.1, -0.05) is 58.0 Å². The SMILES string of the molecule is CC(C)C[C@H](NC(=O)[C@H](CC(C)C)NC(=O)C(Cc1ccccc1)NC(=O)c1cnccn1)B(O)O. The van der Waals surface area contributed by atoms with Crippen molar-refractivity contribution in [2.45, 2.75) is 65.0 Å². The van der Waals surface area contributed by atoms with Crippen molar-refractivity contribution in [1.82, 2.24) is 25.9 Å². The van der Waals surface area contributed by atoms with Gasteiger partial charge in [0.15, 0.2) is 0 Å². The molecule has 0 aliphatic heterocycles. The number of amides is 3. The molecule has 0 radical (unpaired) electrons. The standard InChI is InChI=1S/C25H36BN5O5/c1-16(2)12-19(24(33)31-22(26(35)36)13-17(3)4)29-23(32)20(14-18-8-6-5-7-9-18)30-25(34)21-15-27-10-11-28-21/h5-11,15-17,19-20,22,35-36H,12-14H2,1-4H3,(H,29,32)(H,30,34)(H,31,33)/t19-,20?,22-/m0/s1. The van der Waals surface area contributed by atoms with Crippen molar-refractivity contribution < 1.29 is 24.4 Å². The maximum absolute atomic E-state index is 13.4. The first-order valence-corrected chi connectivity index (χ1v) is 12.1. The van der Waals surface area contributed by atoms with Crippen LogP contribution < -0.4 is 16.0 Å². The minimum atomic E-state index is -1.73. The van der Waals surface area contributed by atoms with Gasteiger partial charge in [-0.25, -0.2) is 4.98 Å². The average molecular weight is 497 g/mol. The topological polar surface area (TPSA) is 154 Å². The molecule has 2 rings (SSSR count). The Morgan fingerprint density at radius 2 is 1.50 bits per heavy atom. The van der Waals surface area contributed by atoms with Crippen molar-refractivity contribution in [2.75, 3.05) is 0 Å². The van der Waals surface area contributed by atoms with Gasteiger partial charge in [-0.3, -0.25) is 19.4 Å². The van der Waals surface area contributed by atoms with E-state index >= 15 is 0 Å². The van der Waals surface area contributed by atoms with Crippen LogP contribution in [0.25, 0.3) is 0 Å². The van der Waals surface area contributed by atoms with Gasteiger partial charge < -0.3 is 26.0 Å². The highest BCUT2D eigenvalue weighted by atomic mass is 16.4. The fourth-order valence-electron chi connectivity index (χ4n) is 3.73. The highest BCUT2D eigenvalue weighted by Crippen LogP contribution is 2.11. The molecule has 2 aromatic rings. The fraction of sp³-hybridized carbons (Fsp3) is 0.480. The molecule has 10 nitrogen and oxygen atoms in total. The molecule has 0 fully saturated rings. The van der Waals surface area contributed by atoms with Gasteiger partial charge in [-0.05, 0) is 30.2 Å². The van der Waals surface area contributed by atoms with Gasteiger partial charge >= 0.3 is 7.12 Å². The highest BCUT2D eigenvalue weighted by molar-refractivity contribution is 6.43. The Morgan fingerprint density at radius 3 is 2.06 bits per heavy atom. The van der Waals surface area contributed by atoms with E-state index in [9.17, 15) is 24.4 Å². The fourth-order valence-corrected chi connectivity index (χ4v) is 3.73. The van der Waals surface area contributed by atoms with E-state index in [2.05, 4.69) is 25.9 Å². The van der Waals surface area contributed by atoms with E-state index in [0.29, 0.717) is 12.8 Å². The van der Waals surface area contributed by atoms with Crippen LogP contribution in [-0.2, 0) is 16.0 Å². The third-order valence-corrected chi connectivity index (χ3v) is 5.45. The number of aromatic nitrogens is 2. The molecule has 1 aromatic carbocycles. The Balaban J connectivity index is 2.22. The predicted octanol–water partition coefficient (Wildman–Crippen LogP) is 0.892. The molecule has 11 heteroatoms. The van der Waals surface area contributed by atoms with Gasteiger partial charge in [0.05, 0.1) is 12.1 Å². The van der Waals surface area contributed by atoms with Gasteiger partial charge in [0.2, 0.25) is 11.8 Å². The van der Waals surface area contributed by atoms with Gasteiger partial charge in [0.25, 0.3) is 5.91 Å². The number of rotatable bonds is 13. The van der Waals surface area contributed by atoms with Gasteiger partial charge in [-0.2, -0.15) is 0 Å². The van der Waals surface area contributed by atoms with Gasteiger partial charge in [-0.15, -0.1) is 0 Å². The lowest BCUT2D eigenvalue weighted by atomic mass is 9.75. The number of hydrogen-bond acceptors (Lipinski definition) is 7. The summed E-state index contributed by atoms with van der Waals surface area (Å²) >= 11 is 0. The molecule has 0 saturated carbocycles. The predicted molar refractivity (Wildman–Crippen MR) is 136 cm³/mol. The molecule has 0 saturated heterocycles. The summed E-state index contributed by atoms with van der Waals surface area (Å²) in [5, 5.41) is 27.5. The summed E-state index contributed by atoms with van der Waals surface area (Å²) in [6.07, 6.45) is 5.00. The maximum Gasteiger partial charge on any atom is 0.475 e. The first kappa shape index (κ1) is 28.9. The van der Waals surface area contributed by atoms with Crippen LogP contribution in [0.15, 0.2) is 48.9 Å². The van der Waals surface area contributed by atoms with Crippen molar-refractivity contribution in [3.05, 3.63) is 60.2 Å². The third-order valence-electron chi connectivity index (χ3n) is 5.45. The zero-order chi connectivity index (χ0) is 26.7. The summed E-state index contributed by atoms with van der Waals surface area (Å²) < 4.78 is 0. The van der Waals surface area contributed by atoms with Gasteiger partial charge in [0.1, 0.15) is 17.8 Å². The number of carbonyl (C=O) groups excluding carboxylic acids is 3. The van der Waals surface area contributed by atoms with E-state index in [-0.39, 0.29) is 24.0 Å². The largest absolute Gasteiger partial charge is 0.475 e. The molecule has 0 aliphatic rings. The average Bonchev–Trinajstić information content (AvgIpc) is 2.83. The maximum atomic E-state index is 13.4. The monoisotopic (exact) mass is 497 g/mol. The molecule has 3 atom stereocenters. The third kappa shape index (κ3) is 9.75. The van der Waals surface area contributed by atoms with E-state index in [1.54, 1.807) is 0 Å². The molecule has 0 spiro atoms. The summed E-state index contributed by atoms with van der Waals surface area (Å²) in [6, 6.07) is 7.27. The van der Waals surface area contributed by atoms with Crippen molar-refractivity contribution in [3.8, 4) is 0 Å². The molecule has 1 aromatic heterocycles. The molecule has 0 aliphatic carbocycles. The summed E-state index contributed by atoms with van der Waals surface area (Å²) in [4.78, 5) is 47.1. The molecule has 194 valence electrons. The first-order valence-electron chi connectivity index (χ1n) is 12.1. The van der Waals surface area contributed by atoms with Crippen molar-refractivity contribution in [3.63, 3.8) is 0 Å². The Morgan fingerprint density at radius 1 is 0.861 bits per heavy atom. The number of hydrogen-bond donors (Lipinski definition) is 5. The molecular formula is C25H36BN5O5. The molecule has 36 heavy (non-hydrogen) atoms. The van der Waals surface area contributed by atoms with Crippen LogP contribution in [0.2, 0.25) is 0 Å². The lowest BCUT2D eigenvalue weighted by Crippen LogP contribution is -2.57.